The highest BCUT2D eigenvalue weighted by atomic mass is 19.4. The van der Waals surface area contributed by atoms with Gasteiger partial charge in [-0.15, -0.1) is 15.3 Å². The lowest BCUT2D eigenvalue weighted by Gasteiger charge is -2.14. The van der Waals surface area contributed by atoms with Gasteiger partial charge in [0.15, 0.2) is 11.5 Å². The Morgan fingerprint density at radius 2 is 1.72 bits per heavy atom. The highest BCUT2D eigenvalue weighted by Crippen LogP contribution is 2.33. The first-order valence-corrected chi connectivity index (χ1v) is 8.40. The first-order chi connectivity index (χ1) is 13.8. The van der Waals surface area contributed by atoms with Gasteiger partial charge in [0.2, 0.25) is 0 Å². The predicted octanol–water partition coefficient (Wildman–Crippen LogP) is 4.70. The molecule has 4 rings (SSSR count). The smallest absolute Gasteiger partial charge is 0.365 e. The number of halogens is 5. The van der Waals surface area contributed by atoms with Crippen molar-refractivity contribution in [2.45, 2.75) is 12.7 Å². The van der Waals surface area contributed by atoms with Crippen LogP contribution in [0.2, 0.25) is 0 Å². The number of anilines is 1. The van der Waals surface area contributed by atoms with Crippen molar-refractivity contribution in [3.8, 4) is 11.4 Å². The van der Waals surface area contributed by atoms with E-state index in [1.54, 1.807) is 12.1 Å². The summed E-state index contributed by atoms with van der Waals surface area (Å²) in [7, 11) is 0. The van der Waals surface area contributed by atoms with E-state index in [4.69, 9.17) is 0 Å². The van der Waals surface area contributed by atoms with Gasteiger partial charge in [-0.25, -0.2) is 8.78 Å². The van der Waals surface area contributed by atoms with E-state index in [1.807, 2.05) is 0 Å². The number of hydrogen-bond donors (Lipinski definition) is 1. The summed E-state index contributed by atoms with van der Waals surface area (Å²) in [5.74, 6) is -1.12. The second-order valence-corrected chi connectivity index (χ2v) is 6.14. The van der Waals surface area contributed by atoms with Crippen molar-refractivity contribution in [3.05, 3.63) is 77.4 Å². The molecule has 0 aliphatic rings. The molecule has 5 nitrogen and oxygen atoms in total. The number of nitrogens with one attached hydrogen (secondary N) is 1. The van der Waals surface area contributed by atoms with Crippen LogP contribution in [0.1, 0.15) is 11.1 Å². The molecule has 0 bridgehead atoms. The summed E-state index contributed by atoms with van der Waals surface area (Å²) < 4.78 is 68.0. The summed E-state index contributed by atoms with van der Waals surface area (Å²) in [6, 6.07) is 11.5. The van der Waals surface area contributed by atoms with E-state index in [1.165, 1.54) is 28.8 Å². The van der Waals surface area contributed by atoms with E-state index >= 15 is 0 Å². The van der Waals surface area contributed by atoms with E-state index in [9.17, 15) is 22.0 Å². The fraction of sp³-hybridized carbons (Fsp3) is 0.105. The number of rotatable bonds is 4. The third kappa shape index (κ3) is 3.73. The Morgan fingerprint density at radius 3 is 2.48 bits per heavy atom. The molecule has 0 aliphatic heterocycles. The number of hydrogen-bond acceptors (Lipinski definition) is 4. The van der Waals surface area contributed by atoms with Crippen LogP contribution in [0.3, 0.4) is 0 Å². The number of fused-ring (bicyclic) bond motifs is 1. The summed E-state index contributed by atoms with van der Waals surface area (Å²) >= 11 is 0. The third-order valence-corrected chi connectivity index (χ3v) is 4.21. The van der Waals surface area contributed by atoms with Gasteiger partial charge in [0.05, 0.1) is 11.1 Å². The standard InChI is InChI=1S/C19H12F5N5/c20-12-6-5-11(14(9-12)19(22,23)24)10-25-16-7-8-17-26-27-18(29(17)28-16)13-3-1-2-4-15(13)21/h1-9H,10H2,(H,25,28). The van der Waals surface area contributed by atoms with Crippen molar-refractivity contribution >= 4 is 11.5 Å². The molecular weight excluding hydrogens is 393 g/mol. The van der Waals surface area contributed by atoms with Crippen LogP contribution < -0.4 is 5.32 Å². The number of nitrogens with zero attached hydrogens (tertiary/aromatic N) is 4. The van der Waals surface area contributed by atoms with Crippen LogP contribution in [-0.2, 0) is 12.7 Å². The molecule has 2 aromatic carbocycles. The molecule has 0 radical (unpaired) electrons. The maximum atomic E-state index is 14.1. The zero-order chi connectivity index (χ0) is 20.6. The molecule has 0 unspecified atom stereocenters. The van der Waals surface area contributed by atoms with Gasteiger partial charge in [-0.3, -0.25) is 0 Å². The zero-order valence-electron chi connectivity index (χ0n) is 14.6. The van der Waals surface area contributed by atoms with Gasteiger partial charge in [-0.05, 0) is 42.0 Å². The summed E-state index contributed by atoms with van der Waals surface area (Å²) in [6.07, 6.45) is -4.69. The summed E-state index contributed by atoms with van der Waals surface area (Å²) in [4.78, 5) is 0. The zero-order valence-corrected chi connectivity index (χ0v) is 14.6. The molecule has 0 atom stereocenters. The van der Waals surface area contributed by atoms with Gasteiger partial charge in [-0.1, -0.05) is 18.2 Å². The van der Waals surface area contributed by atoms with Crippen LogP contribution >= 0.6 is 0 Å². The lowest BCUT2D eigenvalue weighted by molar-refractivity contribution is -0.138. The molecule has 2 heterocycles. The molecule has 148 valence electrons. The molecule has 2 aromatic heterocycles. The Hall–Kier alpha value is -3.56. The quantitative estimate of drug-likeness (QED) is 0.500. The minimum absolute atomic E-state index is 0.140. The van der Waals surface area contributed by atoms with Crippen molar-refractivity contribution in [2.24, 2.45) is 0 Å². The monoisotopic (exact) mass is 405 g/mol. The van der Waals surface area contributed by atoms with Crippen molar-refractivity contribution in [1.82, 2.24) is 19.8 Å². The van der Waals surface area contributed by atoms with Crippen LogP contribution in [0, 0.1) is 11.6 Å². The molecule has 0 saturated carbocycles. The van der Waals surface area contributed by atoms with Gasteiger partial charge in [-0.2, -0.15) is 17.7 Å². The second-order valence-electron chi connectivity index (χ2n) is 6.14. The molecule has 0 aliphatic carbocycles. The van der Waals surface area contributed by atoms with E-state index in [-0.39, 0.29) is 29.3 Å². The van der Waals surface area contributed by atoms with Crippen LogP contribution in [0.15, 0.2) is 54.6 Å². The molecule has 4 aromatic rings. The first kappa shape index (κ1) is 18.8. The average Bonchev–Trinajstić information content (AvgIpc) is 3.10. The Kier molecular flexibility index (Phi) is 4.61. The number of benzene rings is 2. The average molecular weight is 405 g/mol. The van der Waals surface area contributed by atoms with Crippen molar-refractivity contribution in [2.75, 3.05) is 5.32 Å². The van der Waals surface area contributed by atoms with Gasteiger partial charge >= 0.3 is 6.18 Å². The third-order valence-electron chi connectivity index (χ3n) is 4.21. The van der Waals surface area contributed by atoms with Crippen LogP contribution in [-0.4, -0.2) is 19.8 Å². The van der Waals surface area contributed by atoms with E-state index in [0.29, 0.717) is 11.7 Å². The molecule has 0 fully saturated rings. The normalized spacial score (nSPS) is 11.8. The van der Waals surface area contributed by atoms with E-state index in [0.717, 1.165) is 12.1 Å². The maximum Gasteiger partial charge on any atom is 0.416 e. The minimum atomic E-state index is -4.69. The minimum Gasteiger partial charge on any atom is -0.365 e. The van der Waals surface area contributed by atoms with Crippen LogP contribution in [0.4, 0.5) is 27.8 Å². The Labute approximate surface area is 160 Å². The van der Waals surface area contributed by atoms with Crippen molar-refractivity contribution < 1.29 is 22.0 Å². The molecule has 1 N–H and O–H groups in total. The van der Waals surface area contributed by atoms with Crippen molar-refractivity contribution in [1.29, 1.82) is 0 Å². The molecule has 10 heteroatoms. The lowest BCUT2D eigenvalue weighted by Crippen LogP contribution is -2.13. The second kappa shape index (κ2) is 7.12. The molecule has 0 spiro atoms. The Morgan fingerprint density at radius 1 is 0.931 bits per heavy atom. The van der Waals surface area contributed by atoms with Gasteiger partial charge in [0, 0.05) is 6.54 Å². The highest BCUT2D eigenvalue weighted by Gasteiger charge is 2.33. The molecule has 0 saturated heterocycles. The SMILES string of the molecule is Fc1ccc(CNc2ccc3nnc(-c4ccccc4F)n3n2)c(C(F)(F)F)c1. The highest BCUT2D eigenvalue weighted by molar-refractivity contribution is 5.60. The summed E-state index contributed by atoms with van der Waals surface area (Å²) in [5, 5.41) is 14.9. The van der Waals surface area contributed by atoms with Gasteiger partial charge in [0.25, 0.3) is 0 Å². The largest absolute Gasteiger partial charge is 0.416 e. The Balaban J connectivity index is 1.65. The van der Waals surface area contributed by atoms with Crippen LogP contribution in [0.5, 0.6) is 0 Å². The lowest BCUT2D eigenvalue weighted by atomic mass is 10.1. The topological polar surface area (TPSA) is 55.1 Å². The molecular formula is C19H12F5N5. The molecule has 0 amide bonds. The molecule has 29 heavy (non-hydrogen) atoms. The van der Waals surface area contributed by atoms with E-state index in [2.05, 4.69) is 20.6 Å². The van der Waals surface area contributed by atoms with Crippen molar-refractivity contribution in [3.63, 3.8) is 0 Å². The van der Waals surface area contributed by atoms with Gasteiger partial charge in [0.1, 0.15) is 17.5 Å². The van der Waals surface area contributed by atoms with E-state index < -0.39 is 23.4 Å². The number of alkyl halides is 3. The van der Waals surface area contributed by atoms with Gasteiger partial charge < -0.3 is 5.32 Å². The summed E-state index contributed by atoms with van der Waals surface area (Å²) in [5.41, 5.74) is -0.685. The Bertz CT molecular complexity index is 1190. The maximum absolute atomic E-state index is 14.1. The summed E-state index contributed by atoms with van der Waals surface area (Å²) in [6.45, 7) is -0.245. The fourth-order valence-corrected chi connectivity index (χ4v) is 2.85. The van der Waals surface area contributed by atoms with Crippen LogP contribution in [0.25, 0.3) is 17.0 Å². The first-order valence-electron chi connectivity index (χ1n) is 8.40. The number of aromatic nitrogens is 4. The predicted molar refractivity (Wildman–Crippen MR) is 94.9 cm³/mol. The fourth-order valence-electron chi connectivity index (χ4n) is 2.85.